The van der Waals surface area contributed by atoms with Gasteiger partial charge in [-0.25, -0.2) is 0 Å². The number of carbonyl (C=O) groups excluding carboxylic acids is 2. The molecule has 0 saturated carbocycles. The Hall–Kier alpha value is -1.88. The maximum atomic E-state index is 12.3. The molecule has 108 valence electrons. The maximum Gasteiger partial charge on any atom is 0.316 e. The van der Waals surface area contributed by atoms with Crippen LogP contribution in [0.2, 0.25) is 0 Å². The molecular weight excluding hydrogens is 256 g/mol. The van der Waals surface area contributed by atoms with E-state index in [-0.39, 0.29) is 12.2 Å². The first kappa shape index (κ1) is 14.5. The van der Waals surface area contributed by atoms with Gasteiger partial charge in [-0.15, -0.1) is 0 Å². The number of benzene rings is 1. The molecule has 0 spiro atoms. The number of amides is 2. The molecule has 0 N–H and O–H groups in total. The Morgan fingerprint density at radius 3 is 2.25 bits per heavy atom. The van der Waals surface area contributed by atoms with E-state index in [9.17, 15) is 9.59 Å². The van der Waals surface area contributed by atoms with E-state index in [0.717, 1.165) is 0 Å². The van der Waals surface area contributed by atoms with Crippen LogP contribution in [0.15, 0.2) is 30.3 Å². The topological polar surface area (TPSA) is 49.9 Å². The van der Waals surface area contributed by atoms with Crippen molar-refractivity contribution in [3.63, 3.8) is 0 Å². The standard InChI is InChI=1S/C15H20N2O3/c1-11-9-17(10-12(2)20-11)15(19)14(18)16(3)13-7-5-4-6-8-13/h4-8,11-12H,9-10H2,1-3H3. The normalized spacial score (nSPS) is 22.4. The summed E-state index contributed by atoms with van der Waals surface area (Å²) in [7, 11) is 1.61. The third-order valence-corrected chi connectivity index (χ3v) is 3.34. The van der Waals surface area contributed by atoms with Gasteiger partial charge in [-0.3, -0.25) is 9.59 Å². The monoisotopic (exact) mass is 276 g/mol. The Balaban J connectivity index is 2.07. The zero-order valence-electron chi connectivity index (χ0n) is 12.1. The minimum atomic E-state index is -0.516. The van der Waals surface area contributed by atoms with Crippen LogP contribution in [0.1, 0.15) is 13.8 Å². The molecule has 1 aromatic carbocycles. The number of rotatable bonds is 1. The van der Waals surface area contributed by atoms with Crippen LogP contribution in [0, 0.1) is 0 Å². The molecule has 1 saturated heterocycles. The summed E-state index contributed by atoms with van der Waals surface area (Å²) in [4.78, 5) is 27.5. The molecule has 0 radical (unpaired) electrons. The smallest absolute Gasteiger partial charge is 0.316 e. The highest BCUT2D eigenvalue weighted by molar-refractivity contribution is 6.40. The van der Waals surface area contributed by atoms with Crippen LogP contribution in [0.5, 0.6) is 0 Å². The second-order valence-electron chi connectivity index (χ2n) is 5.17. The predicted octanol–water partition coefficient (Wildman–Crippen LogP) is 1.29. The fourth-order valence-corrected chi connectivity index (χ4v) is 2.39. The van der Waals surface area contributed by atoms with Gasteiger partial charge < -0.3 is 14.5 Å². The minimum absolute atomic E-state index is 0.0440. The second-order valence-corrected chi connectivity index (χ2v) is 5.17. The molecular formula is C15H20N2O3. The Morgan fingerprint density at radius 2 is 1.70 bits per heavy atom. The van der Waals surface area contributed by atoms with Gasteiger partial charge in [-0.1, -0.05) is 18.2 Å². The molecule has 0 bridgehead atoms. The van der Waals surface area contributed by atoms with E-state index in [1.165, 1.54) is 4.90 Å². The summed E-state index contributed by atoms with van der Waals surface area (Å²) in [6.45, 7) is 4.72. The lowest BCUT2D eigenvalue weighted by molar-refractivity contribution is -0.152. The van der Waals surface area contributed by atoms with Crippen LogP contribution in [-0.2, 0) is 14.3 Å². The molecule has 1 aliphatic heterocycles. The van der Waals surface area contributed by atoms with E-state index < -0.39 is 11.8 Å². The molecule has 5 heteroatoms. The quantitative estimate of drug-likeness (QED) is 0.726. The largest absolute Gasteiger partial charge is 0.372 e. The van der Waals surface area contributed by atoms with Crippen molar-refractivity contribution in [2.75, 3.05) is 25.0 Å². The van der Waals surface area contributed by atoms with Crippen molar-refractivity contribution in [3.05, 3.63) is 30.3 Å². The van der Waals surface area contributed by atoms with E-state index in [2.05, 4.69) is 0 Å². The summed E-state index contributed by atoms with van der Waals surface area (Å²) < 4.78 is 5.57. The Morgan fingerprint density at radius 1 is 1.15 bits per heavy atom. The first-order valence-corrected chi connectivity index (χ1v) is 6.76. The van der Waals surface area contributed by atoms with E-state index in [1.807, 2.05) is 32.0 Å². The minimum Gasteiger partial charge on any atom is -0.372 e. The predicted molar refractivity (Wildman–Crippen MR) is 76.4 cm³/mol. The summed E-state index contributed by atoms with van der Waals surface area (Å²) in [6, 6.07) is 9.14. The SMILES string of the molecule is CC1CN(C(=O)C(=O)N(C)c2ccccc2)CC(C)O1. The van der Waals surface area contributed by atoms with Gasteiger partial charge in [0.15, 0.2) is 0 Å². The number of para-hydroxylation sites is 1. The van der Waals surface area contributed by atoms with E-state index in [4.69, 9.17) is 4.74 Å². The lowest BCUT2D eigenvalue weighted by Gasteiger charge is -2.35. The molecule has 0 aliphatic carbocycles. The van der Waals surface area contributed by atoms with E-state index in [0.29, 0.717) is 18.8 Å². The summed E-state index contributed by atoms with van der Waals surface area (Å²) in [5.41, 5.74) is 0.709. The van der Waals surface area contributed by atoms with E-state index >= 15 is 0 Å². The molecule has 1 aliphatic rings. The van der Waals surface area contributed by atoms with Crippen LogP contribution in [0.3, 0.4) is 0 Å². The summed E-state index contributed by atoms with van der Waals surface area (Å²) in [5.74, 6) is -0.990. The highest BCUT2D eigenvalue weighted by atomic mass is 16.5. The van der Waals surface area contributed by atoms with Crippen molar-refractivity contribution in [3.8, 4) is 0 Å². The summed E-state index contributed by atoms with van der Waals surface area (Å²) >= 11 is 0. The van der Waals surface area contributed by atoms with Crippen LogP contribution in [0.4, 0.5) is 5.69 Å². The van der Waals surface area contributed by atoms with Crippen LogP contribution in [0.25, 0.3) is 0 Å². The van der Waals surface area contributed by atoms with Gasteiger partial charge in [0.1, 0.15) is 0 Å². The van der Waals surface area contributed by atoms with Crippen molar-refractivity contribution in [2.24, 2.45) is 0 Å². The number of hydrogen-bond donors (Lipinski definition) is 0. The lowest BCUT2D eigenvalue weighted by atomic mass is 10.2. The highest BCUT2D eigenvalue weighted by Crippen LogP contribution is 2.15. The van der Waals surface area contributed by atoms with Gasteiger partial charge in [-0.2, -0.15) is 0 Å². The van der Waals surface area contributed by atoms with Gasteiger partial charge in [0.2, 0.25) is 0 Å². The van der Waals surface area contributed by atoms with Crippen molar-refractivity contribution < 1.29 is 14.3 Å². The molecule has 0 aromatic heterocycles. The molecule has 2 amide bonds. The van der Waals surface area contributed by atoms with Gasteiger partial charge in [0.05, 0.1) is 12.2 Å². The van der Waals surface area contributed by atoms with E-state index in [1.54, 1.807) is 24.1 Å². The number of carbonyl (C=O) groups is 2. The third-order valence-electron chi connectivity index (χ3n) is 3.34. The summed E-state index contributed by atoms with van der Waals surface area (Å²) in [6.07, 6.45) is -0.0879. The van der Waals surface area contributed by atoms with Gasteiger partial charge >= 0.3 is 11.8 Å². The third kappa shape index (κ3) is 3.17. The van der Waals surface area contributed by atoms with Crippen molar-refractivity contribution in [1.82, 2.24) is 4.90 Å². The number of hydrogen-bond acceptors (Lipinski definition) is 3. The zero-order valence-corrected chi connectivity index (χ0v) is 12.1. The number of nitrogens with zero attached hydrogens (tertiary/aromatic N) is 2. The van der Waals surface area contributed by atoms with Crippen LogP contribution in [-0.4, -0.2) is 49.1 Å². The lowest BCUT2D eigenvalue weighted by Crippen LogP contribution is -2.52. The molecule has 5 nitrogen and oxygen atoms in total. The number of likely N-dealkylation sites (N-methyl/N-ethyl adjacent to an activating group) is 1. The Kier molecular flexibility index (Phi) is 4.39. The number of morpholine rings is 1. The maximum absolute atomic E-state index is 12.3. The van der Waals surface area contributed by atoms with Gasteiger partial charge in [0, 0.05) is 25.8 Å². The highest BCUT2D eigenvalue weighted by Gasteiger charge is 2.31. The first-order chi connectivity index (χ1) is 9.49. The zero-order chi connectivity index (χ0) is 14.7. The number of anilines is 1. The molecule has 1 aromatic rings. The molecule has 2 rings (SSSR count). The first-order valence-electron chi connectivity index (χ1n) is 6.76. The van der Waals surface area contributed by atoms with Crippen molar-refractivity contribution in [2.45, 2.75) is 26.1 Å². The van der Waals surface area contributed by atoms with Crippen LogP contribution < -0.4 is 4.90 Å². The van der Waals surface area contributed by atoms with Crippen LogP contribution >= 0.6 is 0 Å². The Labute approximate surface area is 119 Å². The fraction of sp³-hybridized carbons (Fsp3) is 0.467. The molecule has 2 unspecified atom stereocenters. The molecule has 2 atom stereocenters. The molecule has 1 heterocycles. The second kappa shape index (κ2) is 6.05. The van der Waals surface area contributed by atoms with Gasteiger partial charge in [-0.05, 0) is 26.0 Å². The van der Waals surface area contributed by atoms with Crippen molar-refractivity contribution in [1.29, 1.82) is 0 Å². The number of ether oxygens (including phenoxy) is 1. The van der Waals surface area contributed by atoms with Crippen molar-refractivity contribution >= 4 is 17.5 Å². The Bertz CT molecular complexity index is 479. The molecule has 20 heavy (non-hydrogen) atoms. The molecule has 1 fully saturated rings. The van der Waals surface area contributed by atoms with Gasteiger partial charge in [0.25, 0.3) is 0 Å². The fourth-order valence-electron chi connectivity index (χ4n) is 2.39. The average Bonchev–Trinajstić information content (AvgIpc) is 2.45. The summed E-state index contributed by atoms with van der Waals surface area (Å²) in [5, 5.41) is 0. The average molecular weight is 276 g/mol.